The Hall–Kier alpha value is -3.09. The Morgan fingerprint density at radius 3 is 2.73 bits per heavy atom. The lowest BCUT2D eigenvalue weighted by Crippen LogP contribution is -2.03. The molecule has 7 heteroatoms. The van der Waals surface area contributed by atoms with E-state index in [0.717, 1.165) is 0 Å². The van der Waals surface area contributed by atoms with Crippen molar-refractivity contribution in [3.8, 4) is 28.6 Å². The quantitative estimate of drug-likeness (QED) is 0.673. The van der Waals surface area contributed by atoms with Crippen LogP contribution in [-0.2, 0) is 0 Å². The smallest absolute Gasteiger partial charge is 0.172 e. The third kappa shape index (κ3) is 2.22. The minimum Gasteiger partial charge on any atom is -0.497 e. The van der Waals surface area contributed by atoms with Crippen LogP contribution < -0.4 is 9.47 Å². The Kier molecular flexibility index (Phi) is 3.61. The highest BCUT2D eigenvalue weighted by atomic mass is 16.5. The normalized spacial score (nSPS) is 10.5. The Bertz CT molecular complexity index is 793. The number of aldehydes is 1. The zero-order valence-electron chi connectivity index (χ0n) is 12.0. The van der Waals surface area contributed by atoms with Gasteiger partial charge in [-0.3, -0.25) is 4.79 Å². The molecule has 0 saturated carbocycles. The molecule has 0 aliphatic carbocycles. The van der Waals surface area contributed by atoms with Crippen molar-refractivity contribution in [3.05, 3.63) is 42.3 Å². The molecule has 0 unspecified atom stereocenters. The number of benzene rings is 1. The van der Waals surface area contributed by atoms with Crippen molar-refractivity contribution in [1.29, 1.82) is 0 Å². The van der Waals surface area contributed by atoms with Crippen molar-refractivity contribution in [1.82, 2.24) is 15.0 Å². The van der Waals surface area contributed by atoms with Crippen molar-refractivity contribution >= 4 is 6.29 Å². The molecule has 0 fully saturated rings. The topological polar surface area (TPSA) is 79.4 Å². The third-order valence-corrected chi connectivity index (χ3v) is 3.18. The second-order valence-corrected chi connectivity index (χ2v) is 4.37. The monoisotopic (exact) mass is 299 g/mol. The molecule has 2 aromatic heterocycles. The summed E-state index contributed by atoms with van der Waals surface area (Å²) in [7, 11) is 3.12. The van der Waals surface area contributed by atoms with Crippen molar-refractivity contribution in [2.24, 2.45) is 0 Å². The van der Waals surface area contributed by atoms with Crippen molar-refractivity contribution in [2.75, 3.05) is 14.2 Å². The van der Waals surface area contributed by atoms with Crippen LogP contribution in [0.4, 0.5) is 0 Å². The fraction of sp³-hybridized carbons (Fsp3) is 0.133. The maximum Gasteiger partial charge on any atom is 0.172 e. The summed E-state index contributed by atoms with van der Waals surface area (Å²) in [4.78, 5) is 11.2. The second kappa shape index (κ2) is 5.72. The molecule has 0 aliphatic rings. The fourth-order valence-electron chi connectivity index (χ4n) is 2.15. The highest BCUT2D eigenvalue weighted by Crippen LogP contribution is 2.32. The molecule has 3 aromatic rings. The van der Waals surface area contributed by atoms with Crippen LogP contribution in [0.15, 0.2) is 41.0 Å². The van der Waals surface area contributed by atoms with Gasteiger partial charge in [-0.1, -0.05) is 5.21 Å². The van der Waals surface area contributed by atoms with Crippen molar-refractivity contribution in [3.63, 3.8) is 0 Å². The first-order valence-electron chi connectivity index (χ1n) is 6.45. The summed E-state index contributed by atoms with van der Waals surface area (Å²) in [5.74, 6) is 1.68. The number of carbonyl (C=O) groups is 1. The van der Waals surface area contributed by atoms with Gasteiger partial charge in [-0.15, -0.1) is 5.10 Å². The molecule has 2 heterocycles. The van der Waals surface area contributed by atoms with Gasteiger partial charge in [-0.25, -0.2) is 4.68 Å². The van der Waals surface area contributed by atoms with Gasteiger partial charge in [-0.2, -0.15) is 0 Å². The molecule has 0 atom stereocenters. The van der Waals surface area contributed by atoms with Gasteiger partial charge in [-0.05, 0) is 24.3 Å². The number of furan rings is 1. The molecule has 22 heavy (non-hydrogen) atoms. The van der Waals surface area contributed by atoms with Crippen molar-refractivity contribution in [2.45, 2.75) is 0 Å². The molecule has 0 saturated heterocycles. The predicted molar refractivity (Wildman–Crippen MR) is 77.6 cm³/mol. The van der Waals surface area contributed by atoms with E-state index in [9.17, 15) is 4.79 Å². The van der Waals surface area contributed by atoms with Crippen LogP contribution in [0, 0.1) is 0 Å². The van der Waals surface area contributed by atoms with E-state index in [-0.39, 0.29) is 5.69 Å². The van der Waals surface area contributed by atoms with Gasteiger partial charge in [0.2, 0.25) is 0 Å². The molecule has 112 valence electrons. The lowest BCUT2D eigenvalue weighted by molar-refractivity contribution is 0.111. The molecule has 0 aliphatic heterocycles. The summed E-state index contributed by atoms with van der Waals surface area (Å²) in [5.41, 5.74) is 1.22. The maximum atomic E-state index is 11.2. The summed E-state index contributed by atoms with van der Waals surface area (Å²) < 4.78 is 17.5. The number of aromatic nitrogens is 3. The van der Waals surface area contributed by atoms with Crippen LogP contribution in [0.3, 0.4) is 0 Å². The van der Waals surface area contributed by atoms with Gasteiger partial charge in [0.15, 0.2) is 17.7 Å². The summed E-state index contributed by atoms with van der Waals surface area (Å²) in [5, 5.41) is 7.92. The number of ether oxygens (including phenoxy) is 2. The molecular formula is C15H13N3O4. The SMILES string of the molecule is COc1ccc(OC)c(-n2nnc(C=O)c2-c2ccco2)c1. The summed E-state index contributed by atoms with van der Waals surface area (Å²) >= 11 is 0. The first-order valence-corrected chi connectivity index (χ1v) is 6.45. The van der Waals surface area contributed by atoms with E-state index in [1.165, 1.54) is 10.9 Å². The second-order valence-electron chi connectivity index (χ2n) is 4.37. The van der Waals surface area contributed by atoms with Crippen LogP contribution in [0.5, 0.6) is 11.5 Å². The number of rotatable bonds is 5. The molecule has 0 radical (unpaired) electrons. The molecule has 0 spiro atoms. The number of methoxy groups -OCH3 is 2. The fourth-order valence-corrected chi connectivity index (χ4v) is 2.15. The average Bonchev–Trinajstić information content (AvgIpc) is 3.22. The van der Waals surface area contributed by atoms with E-state index in [1.54, 1.807) is 44.6 Å². The molecule has 0 bridgehead atoms. The van der Waals surface area contributed by atoms with E-state index in [2.05, 4.69) is 10.3 Å². The molecular weight excluding hydrogens is 286 g/mol. The van der Waals surface area contributed by atoms with Gasteiger partial charge in [0.05, 0.1) is 20.5 Å². The zero-order chi connectivity index (χ0) is 15.5. The number of nitrogens with zero attached hydrogens (tertiary/aromatic N) is 3. The van der Waals surface area contributed by atoms with E-state index in [4.69, 9.17) is 13.9 Å². The third-order valence-electron chi connectivity index (χ3n) is 3.18. The van der Waals surface area contributed by atoms with Crippen LogP contribution in [0.25, 0.3) is 17.1 Å². The largest absolute Gasteiger partial charge is 0.497 e. The molecule has 0 amide bonds. The minimum atomic E-state index is 0.180. The van der Waals surface area contributed by atoms with Crippen LogP contribution in [0.2, 0.25) is 0 Å². The van der Waals surface area contributed by atoms with Gasteiger partial charge < -0.3 is 13.9 Å². The first kappa shape index (κ1) is 13.9. The highest BCUT2D eigenvalue weighted by Gasteiger charge is 2.20. The van der Waals surface area contributed by atoms with Crippen molar-refractivity contribution < 1.29 is 18.7 Å². The predicted octanol–water partition coefficient (Wildman–Crippen LogP) is 2.36. The highest BCUT2D eigenvalue weighted by molar-refractivity contribution is 5.82. The molecule has 3 rings (SSSR count). The molecule has 7 nitrogen and oxygen atoms in total. The standard InChI is InChI=1S/C15H13N3O4/c1-20-10-5-6-13(21-2)12(8-10)18-15(11(9-19)16-17-18)14-4-3-7-22-14/h3-9H,1-2H3. The number of hydrogen-bond acceptors (Lipinski definition) is 6. The lowest BCUT2D eigenvalue weighted by atomic mass is 10.2. The van der Waals surface area contributed by atoms with Crippen LogP contribution in [0.1, 0.15) is 10.5 Å². The Morgan fingerprint density at radius 1 is 1.23 bits per heavy atom. The molecule has 0 N–H and O–H groups in total. The van der Waals surface area contributed by atoms with Gasteiger partial charge in [0.25, 0.3) is 0 Å². The van der Waals surface area contributed by atoms with Crippen LogP contribution in [-0.4, -0.2) is 35.5 Å². The van der Waals surface area contributed by atoms with E-state index >= 15 is 0 Å². The number of carbonyl (C=O) groups excluding carboxylic acids is 1. The first-order chi connectivity index (χ1) is 10.8. The van der Waals surface area contributed by atoms with Gasteiger partial charge in [0.1, 0.15) is 22.9 Å². The van der Waals surface area contributed by atoms with Gasteiger partial charge >= 0.3 is 0 Å². The maximum absolute atomic E-state index is 11.2. The summed E-state index contributed by atoms with van der Waals surface area (Å²) in [6, 6.07) is 8.72. The summed E-state index contributed by atoms with van der Waals surface area (Å²) in [6.45, 7) is 0. The van der Waals surface area contributed by atoms with Gasteiger partial charge in [0, 0.05) is 6.07 Å². The van der Waals surface area contributed by atoms with E-state index in [0.29, 0.717) is 34.9 Å². The van der Waals surface area contributed by atoms with E-state index in [1.807, 2.05) is 0 Å². The number of hydrogen-bond donors (Lipinski definition) is 0. The van der Waals surface area contributed by atoms with E-state index < -0.39 is 0 Å². The van der Waals surface area contributed by atoms with Crippen LogP contribution >= 0.6 is 0 Å². The zero-order valence-corrected chi connectivity index (χ0v) is 12.0. The Balaban J connectivity index is 2.25. The summed E-state index contributed by atoms with van der Waals surface area (Å²) in [6.07, 6.45) is 2.15. The minimum absolute atomic E-state index is 0.180. The molecule has 1 aromatic carbocycles. The lowest BCUT2D eigenvalue weighted by Gasteiger charge is -2.11. The average molecular weight is 299 g/mol. The Labute approximate surface area is 126 Å². The Morgan fingerprint density at radius 2 is 2.09 bits per heavy atom.